The second-order valence-electron chi connectivity index (χ2n) is 9.12. The summed E-state index contributed by atoms with van der Waals surface area (Å²) in [6.07, 6.45) is 3.33. The smallest absolute Gasteiger partial charge is 0.243 e. The molecule has 0 aromatic heterocycles. The van der Waals surface area contributed by atoms with Crippen molar-refractivity contribution < 1.29 is 18.0 Å². The van der Waals surface area contributed by atoms with Gasteiger partial charge in [-0.15, -0.1) is 0 Å². The standard InChI is InChI=1S/C24H35N3O4S/c1-4-22(28)25-24-18(2)16-27(17-19(24)3)32(30,31)21-12-14-26(15-13-21)23(29)11-10-20-8-6-5-7-9-20/h4-9,18-19,21,24H,1,10-17H2,2-3H3,(H,25,28). The van der Waals surface area contributed by atoms with Gasteiger partial charge < -0.3 is 10.2 Å². The van der Waals surface area contributed by atoms with Crippen molar-refractivity contribution in [3.05, 3.63) is 48.6 Å². The largest absolute Gasteiger partial charge is 0.349 e. The van der Waals surface area contributed by atoms with Crippen LogP contribution in [0, 0.1) is 11.8 Å². The number of piperidine rings is 2. The first-order valence-corrected chi connectivity index (χ1v) is 13.0. The van der Waals surface area contributed by atoms with Gasteiger partial charge in [-0.1, -0.05) is 50.8 Å². The molecular formula is C24H35N3O4S. The summed E-state index contributed by atoms with van der Waals surface area (Å²) in [5, 5.41) is 2.48. The maximum Gasteiger partial charge on any atom is 0.243 e. The molecule has 1 aromatic carbocycles. The van der Waals surface area contributed by atoms with E-state index in [1.54, 1.807) is 9.21 Å². The van der Waals surface area contributed by atoms with E-state index in [4.69, 9.17) is 0 Å². The Hall–Kier alpha value is -2.19. The van der Waals surface area contributed by atoms with Crippen molar-refractivity contribution in [1.82, 2.24) is 14.5 Å². The van der Waals surface area contributed by atoms with Gasteiger partial charge in [-0.25, -0.2) is 12.7 Å². The highest BCUT2D eigenvalue weighted by atomic mass is 32.2. The first kappa shape index (κ1) is 24.5. The van der Waals surface area contributed by atoms with E-state index in [1.165, 1.54) is 6.08 Å². The molecule has 3 rings (SSSR count). The molecule has 2 unspecified atom stereocenters. The lowest BCUT2D eigenvalue weighted by Crippen LogP contribution is -2.57. The number of rotatable bonds is 7. The van der Waals surface area contributed by atoms with Crippen LogP contribution in [0.25, 0.3) is 0 Å². The van der Waals surface area contributed by atoms with Crippen molar-refractivity contribution in [2.24, 2.45) is 11.8 Å². The molecule has 7 nitrogen and oxygen atoms in total. The maximum absolute atomic E-state index is 13.3. The molecule has 8 heteroatoms. The zero-order valence-electron chi connectivity index (χ0n) is 19.1. The fourth-order valence-corrected chi connectivity index (χ4v) is 7.00. The van der Waals surface area contributed by atoms with Crippen molar-refractivity contribution in [3.63, 3.8) is 0 Å². The molecule has 0 bridgehead atoms. The van der Waals surface area contributed by atoms with Crippen molar-refractivity contribution >= 4 is 21.8 Å². The second-order valence-corrected chi connectivity index (χ2v) is 11.3. The minimum atomic E-state index is -3.45. The number of carbonyl (C=O) groups is 2. The molecule has 2 saturated heterocycles. The quantitative estimate of drug-likeness (QED) is 0.631. The Morgan fingerprint density at radius 3 is 2.25 bits per heavy atom. The van der Waals surface area contributed by atoms with Gasteiger partial charge in [-0.05, 0) is 42.7 Å². The van der Waals surface area contributed by atoms with E-state index in [9.17, 15) is 18.0 Å². The number of nitrogens with zero attached hydrogens (tertiary/aromatic N) is 2. The molecule has 2 heterocycles. The summed E-state index contributed by atoms with van der Waals surface area (Å²) in [5.74, 6) is -0.116. The van der Waals surface area contributed by atoms with E-state index in [-0.39, 0.29) is 29.7 Å². The predicted octanol–water partition coefficient (Wildman–Crippen LogP) is 2.20. The fraction of sp³-hybridized carbons (Fsp3) is 0.583. The number of nitrogens with one attached hydrogen (secondary N) is 1. The zero-order chi connectivity index (χ0) is 23.3. The van der Waals surface area contributed by atoms with Crippen molar-refractivity contribution in [1.29, 1.82) is 0 Å². The zero-order valence-corrected chi connectivity index (χ0v) is 19.9. The van der Waals surface area contributed by atoms with E-state index < -0.39 is 15.3 Å². The topological polar surface area (TPSA) is 86.8 Å². The van der Waals surface area contributed by atoms with E-state index in [2.05, 4.69) is 11.9 Å². The van der Waals surface area contributed by atoms with Crippen LogP contribution < -0.4 is 5.32 Å². The number of hydrogen-bond donors (Lipinski definition) is 1. The van der Waals surface area contributed by atoms with Gasteiger partial charge in [0.2, 0.25) is 21.8 Å². The van der Waals surface area contributed by atoms with E-state index in [0.29, 0.717) is 51.9 Å². The Balaban J connectivity index is 1.52. The lowest BCUT2D eigenvalue weighted by atomic mass is 9.87. The fourth-order valence-electron chi connectivity index (χ4n) is 4.89. The first-order valence-electron chi connectivity index (χ1n) is 11.5. The third kappa shape index (κ3) is 5.78. The summed E-state index contributed by atoms with van der Waals surface area (Å²) < 4.78 is 28.2. The molecule has 176 valence electrons. The molecule has 0 saturated carbocycles. The highest BCUT2D eigenvalue weighted by molar-refractivity contribution is 7.89. The summed E-state index contributed by atoms with van der Waals surface area (Å²) in [5.41, 5.74) is 1.13. The second kappa shape index (κ2) is 10.6. The molecule has 2 fully saturated rings. The third-order valence-electron chi connectivity index (χ3n) is 6.75. The van der Waals surface area contributed by atoms with Gasteiger partial charge in [0.25, 0.3) is 0 Å². The van der Waals surface area contributed by atoms with Crippen LogP contribution in [-0.2, 0) is 26.0 Å². The number of aryl methyl sites for hydroxylation is 1. The number of carbonyl (C=O) groups excluding carboxylic acids is 2. The Kier molecular flexibility index (Phi) is 8.11. The average Bonchev–Trinajstić information content (AvgIpc) is 2.80. The molecule has 0 aliphatic carbocycles. The van der Waals surface area contributed by atoms with Crippen molar-refractivity contribution in [2.75, 3.05) is 26.2 Å². The summed E-state index contributed by atoms with van der Waals surface area (Å²) in [4.78, 5) is 26.1. The van der Waals surface area contributed by atoms with Crippen molar-refractivity contribution in [3.8, 4) is 0 Å². The number of sulfonamides is 1. The van der Waals surface area contributed by atoms with Crippen LogP contribution in [0.4, 0.5) is 0 Å². The molecule has 1 aromatic rings. The normalized spacial score (nSPS) is 25.3. The van der Waals surface area contributed by atoms with E-state index in [1.807, 2.05) is 44.2 Å². The van der Waals surface area contributed by atoms with Gasteiger partial charge >= 0.3 is 0 Å². The van der Waals surface area contributed by atoms with Gasteiger partial charge in [0.1, 0.15) is 0 Å². The Bertz CT molecular complexity index is 898. The van der Waals surface area contributed by atoms with Crippen molar-refractivity contribution in [2.45, 2.75) is 50.8 Å². The van der Waals surface area contributed by atoms with Crippen LogP contribution >= 0.6 is 0 Å². The first-order chi connectivity index (χ1) is 15.2. The van der Waals surface area contributed by atoms with Gasteiger partial charge in [0, 0.05) is 38.6 Å². The van der Waals surface area contributed by atoms with Gasteiger partial charge in [-0.3, -0.25) is 9.59 Å². The minimum Gasteiger partial charge on any atom is -0.349 e. The molecule has 1 N–H and O–H groups in total. The van der Waals surface area contributed by atoms with Gasteiger partial charge in [-0.2, -0.15) is 0 Å². The average molecular weight is 462 g/mol. The molecule has 2 aliphatic heterocycles. The minimum absolute atomic E-state index is 0.0112. The predicted molar refractivity (Wildman–Crippen MR) is 125 cm³/mol. The van der Waals surface area contributed by atoms with Gasteiger partial charge in [0.15, 0.2) is 0 Å². The third-order valence-corrected chi connectivity index (χ3v) is 9.08. The Morgan fingerprint density at radius 1 is 1.09 bits per heavy atom. The highest BCUT2D eigenvalue weighted by Crippen LogP contribution is 2.29. The number of amides is 2. The molecule has 32 heavy (non-hydrogen) atoms. The van der Waals surface area contributed by atoms with Gasteiger partial charge in [0.05, 0.1) is 5.25 Å². The number of hydrogen-bond acceptors (Lipinski definition) is 4. The summed E-state index contributed by atoms with van der Waals surface area (Å²) in [7, 11) is -3.45. The Morgan fingerprint density at radius 2 is 1.69 bits per heavy atom. The molecule has 2 aliphatic rings. The summed E-state index contributed by atoms with van der Waals surface area (Å²) in [6.45, 7) is 9.18. The Labute approximate surface area is 191 Å². The lowest BCUT2D eigenvalue weighted by molar-refractivity contribution is -0.132. The number of benzene rings is 1. The molecular weight excluding hydrogens is 426 g/mol. The van der Waals surface area contributed by atoms with E-state index in [0.717, 1.165) is 5.56 Å². The maximum atomic E-state index is 13.3. The monoisotopic (exact) mass is 461 g/mol. The highest BCUT2D eigenvalue weighted by Gasteiger charge is 2.41. The van der Waals surface area contributed by atoms with Crippen LogP contribution in [0.5, 0.6) is 0 Å². The lowest BCUT2D eigenvalue weighted by Gasteiger charge is -2.43. The molecule has 2 amide bonds. The SMILES string of the molecule is C=CC(=O)NC1C(C)CN(S(=O)(=O)C2CCN(C(=O)CCc3ccccc3)CC2)CC1C. The summed E-state index contributed by atoms with van der Waals surface area (Å²) in [6, 6.07) is 9.84. The van der Waals surface area contributed by atoms with Crippen LogP contribution in [0.2, 0.25) is 0 Å². The molecule has 0 radical (unpaired) electrons. The molecule has 0 spiro atoms. The molecule has 2 atom stereocenters. The van der Waals surface area contributed by atoms with Crippen LogP contribution in [-0.4, -0.2) is 66.9 Å². The van der Waals surface area contributed by atoms with Crippen LogP contribution in [0.3, 0.4) is 0 Å². The van der Waals surface area contributed by atoms with E-state index >= 15 is 0 Å². The van der Waals surface area contributed by atoms with Crippen LogP contribution in [0.1, 0.15) is 38.7 Å². The summed E-state index contributed by atoms with van der Waals surface area (Å²) >= 11 is 0. The number of likely N-dealkylation sites (tertiary alicyclic amines) is 1. The van der Waals surface area contributed by atoms with Crippen LogP contribution in [0.15, 0.2) is 43.0 Å².